The molecule has 2 nitrogen and oxygen atoms in total. The zero-order chi connectivity index (χ0) is 15.6. The van der Waals surface area contributed by atoms with Crippen LogP contribution in [0.25, 0.3) is 11.1 Å². The van der Waals surface area contributed by atoms with E-state index in [-0.39, 0.29) is 12.4 Å². The van der Waals surface area contributed by atoms with Crippen molar-refractivity contribution in [3.8, 4) is 11.1 Å². The second kappa shape index (κ2) is 6.05. The smallest absolute Gasteiger partial charge is 0.147 e. The summed E-state index contributed by atoms with van der Waals surface area (Å²) >= 11 is 0. The van der Waals surface area contributed by atoms with Crippen LogP contribution in [-0.2, 0) is 10.2 Å². The molecule has 0 atom stereocenters. The summed E-state index contributed by atoms with van der Waals surface area (Å²) in [5, 5.41) is 9.11. The van der Waals surface area contributed by atoms with E-state index in [9.17, 15) is 4.79 Å². The first-order valence-electron chi connectivity index (χ1n) is 8.09. The van der Waals surface area contributed by atoms with Crippen molar-refractivity contribution in [3.63, 3.8) is 0 Å². The van der Waals surface area contributed by atoms with Crippen molar-refractivity contribution in [1.29, 1.82) is 0 Å². The largest absolute Gasteiger partial charge is 0.396 e. The number of aliphatic hydroxyl groups excluding tert-OH is 1. The number of carbonyl (C=O) groups is 1. The molecule has 2 aromatic rings. The Kier molecular flexibility index (Phi) is 4.12. The third kappa shape index (κ3) is 2.10. The Morgan fingerprint density at radius 2 is 1.55 bits per heavy atom. The zero-order valence-electron chi connectivity index (χ0n) is 13.0. The Bertz CT molecular complexity index is 642. The average molecular weight is 294 g/mol. The summed E-state index contributed by atoms with van der Waals surface area (Å²) in [6.45, 7) is 2.20. The predicted molar refractivity (Wildman–Crippen MR) is 88.9 cm³/mol. The molecule has 0 radical (unpaired) electrons. The average Bonchev–Trinajstić information content (AvgIpc) is 2.85. The van der Waals surface area contributed by atoms with Crippen molar-refractivity contribution in [2.75, 3.05) is 6.61 Å². The molecule has 0 aromatic heterocycles. The van der Waals surface area contributed by atoms with Crippen LogP contribution in [0.3, 0.4) is 0 Å². The van der Waals surface area contributed by atoms with Gasteiger partial charge < -0.3 is 5.11 Å². The topological polar surface area (TPSA) is 37.3 Å². The van der Waals surface area contributed by atoms with Gasteiger partial charge in [-0.25, -0.2) is 0 Å². The molecule has 22 heavy (non-hydrogen) atoms. The molecule has 2 aromatic carbocycles. The van der Waals surface area contributed by atoms with Crippen molar-refractivity contribution >= 4 is 5.78 Å². The fourth-order valence-electron chi connectivity index (χ4n) is 3.86. The van der Waals surface area contributed by atoms with Gasteiger partial charge in [-0.15, -0.1) is 0 Å². The quantitative estimate of drug-likeness (QED) is 0.871. The molecule has 114 valence electrons. The number of rotatable bonds is 6. The number of benzene rings is 2. The fourth-order valence-corrected chi connectivity index (χ4v) is 3.86. The van der Waals surface area contributed by atoms with Gasteiger partial charge >= 0.3 is 0 Å². The number of aliphatic hydroxyl groups is 1. The van der Waals surface area contributed by atoms with E-state index in [1.54, 1.807) is 0 Å². The number of hydrogen-bond donors (Lipinski definition) is 1. The normalized spacial score (nSPS) is 14.5. The van der Waals surface area contributed by atoms with Crippen LogP contribution in [0.15, 0.2) is 48.5 Å². The molecule has 0 aliphatic heterocycles. The van der Waals surface area contributed by atoms with Crippen LogP contribution >= 0.6 is 0 Å². The highest BCUT2D eigenvalue weighted by Crippen LogP contribution is 2.52. The van der Waals surface area contributed by atoms with E-state index in [2.05, 4.69) is 31.2 Å². The second-order valence-electron chi connectivity index (χ2n) is 6.00. The molecule has 0 saturated heterocycles. The molecule has 0 saturated carbocycles. The minimum atomic E-state index is -0.531. The Morgan fingerprint density at radius 1 is 1.00 bits per heavy atom. The summed E-state index contributed by atoms with van der Waals surface area (Å²) in [6, 6.07) is 16.5. The summed E-state index contributed by atoms with van der Waals surface area (Å²) in [4.78, 5) is 13.1. The molecule has 0 unspecified atom stereocenters. The second-order valence-corrected chi connectivity index (χ2v) is 6.00. The van der Waals surface area contributed by atoms with Gasteiger partial charge in [-0.05, 0) is 35.1 Å². The van der Waals surface area contributed by atoms with Crippen LogP contribution in [0.4, 0.5) is 0 Å². The van der Waals surface area contributed by atoms with E-state index >= 15 is 0 Å². The van der Waals surface area contributed by atoms with Crippen molar-refractivity contribution in [2.45, 2.75) is 38.0 Å². The Morgan fingerprint density at radius 3 is 2.05 bits per heavy atom. The van der Waals surface area contributed by atoms with Crippen molar-refractivity contribution < 1.29 is 9.90 Å². The molecular weight excluding hydrogens is 272 g/mol. The molecule has 1 aliphatic carbocycles. The number of Topliss-reactive ketones (excluding diaryl/α,β-unsaturated/α-hetero) is 1. The maximum Gasteiger partial charge on any atom is 0.147 e. The van der Waals surface area contributed by atoms with E-state index < -0.39 is 5.41 Å². The summed E-state index contributed by atoms with van der Waals surface area (Å²) in [5.41, 5.74) is 4.12. The monoisotopic (exact) mass is 294 g/mol. The highest BCUT2D eigenvalue weighted by atomic mass is 16.3. The molecule has 3 rings (SSSR count). The Labute approximate surface area is 131 Å². The summed E-state index contributed by atoms with van der Waals surface area (Å²) in [5.74, 6) is 0.237. The van der Waals surface area contributed by atoms with Gasteiger partial charge in [0.15, 0.2) is 0 Å². The molecule has 0 amide bonds. The van der Waals surface area contributed by atoms with Crippen molar-refractivity contribution in [3.05, 3.63) is 59.7 Å². The van der Waals surface area contributed by atoms with Crippen molar-refractivity contribution in [1.82, 2.24) is 0 Å². The molecule has 2 heteroatoms. The Hall–Kier alpha value is -1.93. The van der Waals surface area contributed by atoms with E-state index in [1.807, 2.05) is 24.3 Å². The lowest BCUT2D eigenvalue weighted by molar-refractivity contribution is -0.123. The zero-order valence-corrected chi connectivity index (χ0v) is 13.0. The van der Waals surface area contributed by atoms with Gasteiger partial charge in [-0.1, -0.05) is 61.9 Å². The van der Waals surface area contributed by atoms with Crippen LogP contribution in [0.2, 0.25) is 0 Å². The lowest BCUT2D eigenvalue weighted by atomic mass is 9.70. The van der Waals surface area contributed by atoms with Gasteiger partial charge in [-0.3, -0.25) is 4.79 Å². The molecule has 0 heterocycles. The highest BCUT2D eigenvalue weighted by Gasteiger charge is 2.47. The standard InChI is InChI=1S/C20H22O2/c1-2-13-20(19(22)12-7-14-21)17-10-5-3-8-15(17)16-9-4-6-11-18(16)20/h3-6,8-11,21H,2,7,12-14H2,1H3. The molecule has 1 N–H and O–H groups in total. The first-order valence-corrected chi connectivity index (χ1v) is 8.09. The number of ketones is 1. The highest BCUT2D eigenvalue weighted by molar-refractivity contribution is 6.01. The van der Waals surface area contributed by atoms with Crippen LogP contribution in [-0.4, -0.2) is 17.5 Å². The maximum absolute atomic E-state index is 13.1. The number of carbonyl (C=O) groups excluding carboxylic acids is 1. The third-order valence-corrected chi connectivity index (χ3v) is 4.73. The van der Waals surface area contributed by atoms with Gasteiger partial charge in [0.1, 0.15) is 5.78 Å². The van der Waals surface area contributed by atoms with Crippen LogP contribution in [0.1, 0.15) is 43.7 Å². The number of fused-ring (bicyclic) bond motifs is 3. The lowest BCUT2D eigenvalue weighted by Gasteiger charge is -2.30. The van der Waals surface area contributed by atoms with E-state index in [0.29, 0.717) is 12.8 Å². The van der Waals surface area contributed by atoms with Crippen LogP contribution in [0, 0.1) is 0 Å². The van der Waals surface area contributed by atoms with Gasteiger partial charge in [0.25, 0.3) is 0 Å². The maximum atomic E-state index is 13.1. The molecule has 0 fully saturated rings. The first-order chi connectivity index (χ1) is 10.8. The summed E-state index contributed by atoms with van der Waals surface area (Å²) in [6.07, 6.45) is 2.74. The van der Waals surface area contributed by atoms with Gasteiger partial charge in [0, 0.05) is 13.0 Å². The predicted octanol–water partition coefficient (Wildman–Crippen LogP) is 4.09. The molecule has 1 aliphatic rings. The van der Waals surface area contributed by atoms with Crippen molar-refractivity contribution in [2.24, 2.45) is 0 Å². The molecule has 0 bridgehead atoms. The fraction of sp³-hybridized carbons (Fsp3) is 0.350. The van der Waals surface area contributed by atoms with E-state index in [1.165, 1.54) is 11.1 Å². The summed E-state index contributed by atoms with van der Waals surface area (Å²) < 4.78 is 0. The minimum Gasteiger partial charge on any atom is -0.396 e. The molecular formula is C20H22O2. The van der Waals surface area contributed by atoms with Crippen LogP contribution < -0.4 is 0 Å². The first kappa shape index (κ1) is 15.0. The summed E-state index contributed by atoms with van der Waals surface area (Å²) in [7, 11) is 0. The van der Waals surface area contributed by atoms with Gasteiger partial charge in [-0.2, -0.15) is 0 Å². The minimum absolute atomic E-state index is 0.0667. The Balaban J connectivity index is 2.22. The molecule has 0 spiro atoms. The SMILES string of the molecule is CCCC1(C(=O)CCCO)c2ccccc2-c2ccccc21. The number of hydrogen-bond acceptors (Lipinski definition) is 2. The third-order valence-electron chi connectivity index (χ3n) is 4.73. The van der Waals surface area contributed by atoms with Gasteiger partial charge in [0.05, 0.1) is 5.41 Å². The lowest BCUT2D eigenvalue weighted by Crippen LogP contribution is -2.35. The van der Waals surface area contributed by atoms with E-state index in [0.717, 1.165) is 24.0 Å². The van der Waals surface area contributed by atoms with Gasteiger partial charge in [0.2, 0.25) is 0 Å². The van der Waals surface area contributed by atoms with Crippen LogP contribution in [0.5, 0.6) is 0 Å². The van der Waals surface area contributed by atoms with E-state index in [4.69, 9.17) is 5.11 Å².